The summed E-state index contributed by atoms with van der Waals surface area (Å²) in [7, 11) is -3.51. The molecular formula is C13H19BrN2O2S. The fraction of sp³-hybridized carbons (Fsp3) is 0.538. The van der Waals surface area contributed by atoms with E-state index in [1.807, 2.05) is 0 Å². The average Bonchev–Trinajstić information content (AvgIpc) is 2.31. The van der Waals surface area contributed by atoms with Crippen LogP contribution < -0.4 is 10.5 Å². The Hall–Kier alpha value is -0.590. The van der Waals surface area contributed by atoms with Gasteiger partial charge in [-0.2, -0.15) is 0 Å². The normalized spacial score (nSPS) is 18.0. The summed E-state index contributed by atoms with van der Waals surface area (Å²) in [6.45, 7) is 2.62. The molecule has 6 heteroatoms. The lowest BCUT2D eigenvalue weighted by atomic mass is 9.67. The van der Waals surface area contributed by atoms with Crippen LogP contribution in [0.1, 0.15) is 32.6 Å². The summed E-state index contributed by atoms with van der Waals surface area (Å²) >= 11 is 3.26. The second-order valence-corrected chi connectivity index (χ2v) is 7.81. The van der Waals surface area contributed by atoms with Crippen LogP contribution in [0, 0.1) is 5.41 Å². The van der Waals surface area contributed by atoms with E-state index in [1.165, 1.54) is 12.5 Å². The molecule has 1 aliphatic carbocycles. The summed E-state index contributed by atoms with van der Waals surface area (Å²) in [4.78, 5) is 0.207. The fourth-order valence-corrected chi connectivity index (χ4v) is 4.54. The van der Waals surface area contributed by atoms with Gasteiger partial charge in [-0.15, -0.1) is 0 Å². The van der Waals surface area contributed by atoms with E-state index in [-0.39, 0.29) is 10.3 Å². The highest BCUT2D eigenvalue weighted by atomic mass is 79.9. The van der Waals surface area contributed by atoms with Crippen LogP contribution in [0.4, 0.5) is 5.69 Å². The van der Waals surface area contributed by atoms with Crippen LogP contribution >= 0.6 is 15.9 Å². The molecule has 19 heavy (non-hydrogen) atoms. The van der Waals surface area contributed by atoms with Crippen LogP contribution in [0.2, 0.25) is 0 Å². The second-order valence-electron chi connectivity index (χ2n) is 5.22. The van der Waals surface area contributed by atoms with E-state index in [0.717, 1.165) is 19.3 Å². The van der Waals surface area contributed by atoms with Crippen molar-refractivity contribution in [1.29, 1.82) is 0 Å². The Morgan fingerprint density at radius 3 is 2.63 bits per heavy atom. The van der Waals surface area contributed by atoms with Gasteiger partial charge in [0.25, 0.3) is 0 Å². The fourth-order valence-electron chi connectivity index (χ4n) is 2.38. The van der Waals surface area contributed by atoms with Gasteiger partial charge in [-0.3, -0.25) is 0 Å². The molecule has 1 aromatic carbocycles. The molecular weight excluding hydrogens is 328 g/mol. The average molecular weight is 347 g/mol. The molecule has 0 atom stereocenters. The van der Waals surface area contributed by atoms with E-state index in [4.69, 9.17) is 5.73 Å². The molecule has 0 saturated heterocycles. The van der Waals surface area contributed by atoms with Gasteiger partial charge in [0.1, 0.15) is 0 Å². The summed E-state index contributed by atoms with van der Waals surface area (Å²) in [5.74, 6) is 0. The van der Waals surface area contributed by atoms with Crippen LogP contribution in [0.3, 0.4) is 0 Å². The van der Waals surface area contributed by atoms with E-state index in [0.29, 0.717) is 16.7 Å². The van der Waals surface area contributed by atoms with Crippen molar-refractivity contribution in [2.75, 3.05) is 12.3 Å². The Labute approximate surface area is 122 Å². The standard InChI is InChI=1S/C13H19BrN2O2S/c1-2-13(6-3-7-13)9-16-19(17,18)12-8-10(15)4-5-11(12)14/h4-5,8,16H,2-3,6-7,9,15H2,1H3. The number of nitrogens with two attached hydrogens (primary N) is 1. The van der Waals surface area contributed by atoms with Crippen LogP contribution in [-0.4, -0.2) is 15.0 Å². The van der Waals surface area contributed by atoms with E-state index in [2.05, 4.69) is 27.6 Å². The number of rotatable bonds is 5. The molecule has 2 rings (SSSR count). The zero-order valence-electron chi connectivity index (χ0n) is 10.9. The van der Waals surface area contributed by atoms with Gasteiger partial charge in [-0.05, 0) is 58.8 Å². The van der Waals surface area contributed by atoms with E-state index < -0.39 is 10.0 Å². The van der Waals surface area contributed by atoms with Gasteiger partial charge in [0.15, 0.2) is 0 Å². The van der Waals surface area contributed by atoms with Crippen molar-refractivity contribution in [3.05, 3.63) is 22.7 Å². The van der Waals surface area contributed by atoms with Crippen LogP contribution in [-0.2, 0) is 10.0 Å². The Morgan fingerprint density at radius 1 is 1.42 bits per heavy atom. The lowest BCUT2D eigenvalue weighted by Crippen LogP contribution is -2.41. The monoisotopic (exact) mass is 346 g/mol. The molecule has 1 aromatic rings. The van der Waals surface area contributed by atoms with Crippen molar-refractivity contribution in [2.24, 2.45) is 5.41 Å². The summed E-state index contributed by atoms with van der Waals surface area (Å²) in [6, 6.07) is 4.80. The van der Waals surface area contributed by atoms with Gasteiger partial charge in [-0.1, -0.05) is 13.3 Å². The Kier molecular flexibility index (Phi) is 4.23. The number of benzene rings is 1. The number of sulfonamides is 1. The molecule has 0 bridgehead atoms. The highest BCUT2D eigenvalue weighted by molar-refractivity contribution is 9.10. The zero-order valence-corrected chi connectivity index (χ0v) is 13.4. The molecule has 1 aliphatic rings. The summed E-state index contributed by atoms with van der Waals surface area (Å²) < 4.78 is 27.9. The van der Waals surface area contributed by atoms with Gasteiger partial charge in [0, 0.05) is 16.7 Å². The van der Waals surface area contributed by atoms with Gasteiger partial charge in [0.05, 0.1) is 4.90 Å². The highest BCUT2D eigenvalue weighted by Crippen LogP contribution is 2.43. The smallest absolute Gasteiger partial charge is 0.241 e. The first-order valence-electron chi connectivity index (χ1n) is 6.43. The SMILES string of the molecule is CCC1(CNS(=O)(=O)c2cc(N)ccc2Br)CCC1. The van der Waals surface area contributed by atoms with Gasteiger partial charge >= 0.3 is 0 Å². The molecule has 1 saturated carbocycles. The molecule has 0 amide bonds. The third-order valence-electron chi connectivity index (χ3n) is 4.05. The Morgan fingerprint density at radius 2 is 2.11 bits per heavy atom. The largest absolute Gasteiger partial charge is 0.399 e. The molecule has 0 aliphatic heterocycles. The molecule has 0 aromatic heterocycles. The number of hydrogen-bond donors (Lipinski definition) is 2. The van der Waals surface area contributed by atoms with E-state index in [1.54, 1.807) is 12.1 Å². The van der Waals surface area contributed by atoms with Gasteiger partial charge in [-0.25, -0.2) is 13.1 Å². The van der Waals surface area contributed by atoms with Crippen LogP contribution in [0.5, 0.6) is 0 Å². The maximum Gasteiger partial charge on any atom is 0.241 e. The first-order valence-corrected chi connectivity index (χ1v) is 8.71. The minimum atomic E-state index is -3.51. The van der Waals surface area contributed by atoms with Crippen molar-refractivity contribution in [3.8, 4) is 0 Å². The highest BCUT2D eigenvalue weighted by Gasteiger charge is 2.36. The van der Waals surface area contributed by atoms with Crippen molar-refractivity contribution in [3.63, 3.8) is 0 Å². The van der Waals surface area contributed by atoms with E-state index >= 15 is 0 Å². The summed E-state index contributed by atoms with van der Waals surface area (Å²) in [6.07, 6.45) is 4.40. The third-order valence-corrected chi connectivity index (χ3v) is 6.44. The van der Waals surface area contributed by atoms with Gasteiger partial charge in [0.2, 0.25) is 10.0 Å². The Balaban J connectivity index is 2.16. The molecule has 0 unspecified atom stereocenters. The van der Waals surface area contributed by atoms with Crippen molar-refractivity contribution in [1.82, 2.24) is 4.72 Å². The predicted molar refractivity (Wildman–Crippen MR) is 80.3 cm³/mol. The minimum absolute atomic E-state index is 0.153. The first-order chi connectivity index (χ1) is 8.88. The number of nitrogen functional groups attached to an aromatic ring is 1. The molecule has 0 radical (unpaired) electrons. The van der Waals surface area contributed by atoms with Crippen LogP contribution in [0.25, 0.3) is 0 Å². The molecule has 106 valence electrons. The van der Waals surface area contributed by atoms with Gasteiger partial charge < -0.3 is 5.73 Å². The first kappa shape index (κ1) is 14.8. The minimum Gasteiger partial charge on any atom is -0.399 e. The lowest BCUT2D eigenvalue weighted by Gasteiger charge is -2.41. The van der Waals surface area contributed by atoms with Crippen molar-refractivity contribution >= 4 is 31.6 Å². The molecule has 0 heterocycles. The number of anilines is 1. The number of halogens is 1. The van der Waals surface area contributed by atoms with Crippen molar-refractivity contribution in [2.45, 2.75) is 37.5 Å². The molecule has 4 nitrogen and oxygen atoms in total. The quantitative estimate of drug-likeness (QED) is 0.805. The maximum absolute atomic E-state index is 12.3. The maximum atomic E-state index is 12.3. The number of nitrogens with one attached hydrogen (secondary N) is 1. The summed E-state index contributed by atoms with van der Waals surface area (Å²) in [5, 5.41) is 0. The second kappa shape index (κ2) is 5.42. The molecule has 0 spiro atoms. The van der Waals surface area contributed by atoms with Crippen LogP contribution in [0.15, 0.2) is 27.6 Å². The number of hydrogen-bond acceptors (Lipinski definition) is 3. The van der Waals surface area contributed by atoms with E-state index in [9.17, 15) is 8.42 Å². The topological polar surface area (TPSA) is 72.2 Å². The molecule has 1 fully saturated rings. The molecule has 3 N–H and O–H groups in total. The Bertz CT molecular complexity index is 562. The predicted octanol–water partition coefficient (Wildman–Crippen LogP) is 2.89. The lowest BCUT2D eigenvalue weighted by molar-refractivity contribution is 0.133. The summed E-state index contributed by atoms with van der Waals surface area (Å²) in [5.41, 5.74) is 6.25. The zero-order chi connectivity index (χ0) is 14.1. The van der Waals surface area contributed by atoms with Crippen molar-refractivity contribution < 1.29 is 8.42 Å². The third kappa shape index (κ3) is 3.12.